The van der Waals surface area contributed by atoms with E-state index in [1.165, 1.54) is 0 Å². The average Bonchev–Trinajstić information content (AvgIpc) is 2.78. The fourth-order valence-electron chi connectivity index (χ4n) is 3.58. The quantitative estimate of drug-likeness (QED) is 0.861. The van der Waals surface area contributed by atoms with Gasteiger partial charge in [0.1, 0.15) is 0 Å². The van der Waals surface area contributed by atoms with Crippen molar-refractivity contribution < 1.29 is 4.79 Å². The van der Waals surface area contributed by atoms with E-state index in [2.05, 4.69) is 14.8 Å². The molecule has 4 heterocycles. The smallest absolute Gasteiger partial charge is 0.254 e. The molecular weight excluding hydrogens is 250 g/mol. The van der Waals surface area contributed by atoms with Gasteiger partial charge in [-0.3, -0.25) is 4.79 Å². The van der Waals surface area contributed by atoms with Gasteiger partial charge in [-0.1, -0.05) is 6.07 Å². The Hall–Kier alpha value is -1.81. The summed E-state index contributed by atoms with van der Waals surface area (Å²) in [6.45, 7) is 4.17. The van der Waals surface area contributed by atoms with Crippen molar-refractivity contribution >= 4 is 16.8 Å². The summed E-state index contributed by atoms with van der Waals surface area (Å²) in [6, 6.07) is 8.36. The highest BCUT2D eigenvalue weighted by atomic mass is 16.2. The Balaban J connectivity index is 1.71. The molecule has 1 N–H and O–H groups in total. The van der Waals surface area contributed by atoms with Crippen LogP contribution >= 0.6 is 0 Å². The van der Waals surface area contributed by atoms with Crippen LogP contribution in [-0.4, -0.2) is 52.9 Å². The van der Waals surface area contributed by atoms with Crippen molar-refractivity contribution in [2.75, 3.05) is 26.2 Å². The van der Waals surface area contributed by atoms with E-state index in [1.54, 1.807) is 0 Å². The molecule has 3 aliphatic rings. The Labute approximate surface area is 118 Å². The summed E-state index contributed by atoms with van der Waals surface area (Å²) in [5, 5.41) is 1.04. The van der Waals surface area contributed by atoms with E-state index in [1.807, 2.05) is 30.5 Å². The Morgan fingerprint density at radius 3 is 2.80 bits per heavy atom. The molecule has 3 aliphatic heterocycles. The van der Waals surface area contributed by atoms with Gasteiger partial charge < -0.3 is 14.8 Å². The van der Waals surface area contributed by atoms with Crippen molar-refractivity contribution in [1.82, 2.24) is 14.8 Å². The van der Waals surface area contributed by atoms with Gasteiger partial charge in [-0.2, -0.15) is 0 Å². The zero-order chi connectivity index (χ0) is 13.5. The first-order valence-corrected chi connectivity index (χ1v) is 7.42. The predicted molar refractivity (Wildman–Crippen MR) is 78.8 cm³/mol. The minimum atomic E-state index is 0.198. The third-order valence-electron chi connectivity index (χ3n) is 4.74. The minimum Gasteiger partial charge on any atom is -0.361 e. The molecule has 0 spiro atoms. The number of carbonyl (C=O) groups excluding carboxylic acids is 1. The van der Waals surface area contributed by atoms with E-state index in [-0.39, 0.29) is 5.91 Å². The first-order chi connectivity index (χ1) is 9.83. The van der Waals surface area contributed by atoms with Crippen molar-refractivity contribution in [2.45, 2.75) is 18.9 Å². The first kappa shape index (κ1) is 12.0. The number of carbonyl (C=O) groups is 1. The number of fused-ring (bicyclic) bond motifs is 5. The molecule has 0 radical (unpaired) electrons. The lowest BCUT2D eigenvalue weighted by molar-refractivity contribution is 0.0687. The van der Waals surface area contributed by atoms with Gasteiger partial charge in [0.25, 0.3) is 5.91 Å². The summed E-state index contributed by atoms with van der Waals surface area (Å²) in [4.78, 5) is 20.7. The van der Waals surface area contributed by atoms with Crippen molar-refractivity contribution in [1.29, 1.82) is 0 Å². The maximum Gasteiger partial charge on any atom is 0.254 e. The van der Waals surface area contributed by atoms with Gasteiger partial charge in [0, 0.05) is 54.9 Å². The summed E-state index contributed by atoms with van der Waals surface area (Å²) < 4.78 is 0. The molecule has 2 aromatic rings. The zero-order valence-corrected chi connectivity index (χ0v) is 11.5. The monoisotopic (exact) mass is 269 g/mol. The van der Waals surface area contributed by atoms with Crippen LogP contribution < -0.4 is 0 Å². The molecule has 0 aliphatic carbocycles. The molecule has 0 atom stereocenters. The number of aromatic amines is 1. The van der Waals surface area contributed by atoms with Crippen LogP contribution in [0.2, 0.25) is 0 Å². The molecule has 1 amide bonds. The highest BCUT2D eigenvalue weighted by Crippen LogP contribution is 2.25. The molecule has 1 aromatic carbocycles. The van der Waals surface area contributed by atoms with Crippen molar-refractivity contribution in [3.8, 4) is 0 Å². The van der Waals surface area contributed by atoms with Crippen molar-refractivity contribution in [3.05, 3.63) is 36.0 Å². The Bertz CT molecular complexity index is 640. The van der Waals surface area contributed by atoms with Crippen LogP contribution in [0.3, 0.4) is 0 Å². The maximum absolute atomic E-state index is 12.9. The summed E-state index contributed by atoms with van der Waals surface area (Å²) in [5.41, 5.74) is 1.88. The number of nitrogens with zero attached hydrogens (tertiary/aromatic N) is 2. The molecule has 3 saturated heterocycles. The van der Waals surface area contributed by atoms with E-state index >= 15 is 0 Å². The molecule has 0 saturated carbocycles. The summed E-state index contributed by atoms with van der Waals surface area (Å²) in [5.74, 6) is 0.198. The van der Waals surface area contributed by atoms with Crippen LogP contribution in [0.25, 0.3) is 10.9 Å². The number of aromatic nitrogens is 1. The predicted octanol–water partition coefficient (Wildman–Crippen LogP) is 2.09. The van der Waals surface area contributed by atoms with E-state index in [0.29, 0.717) is 6.04 Å². The molecule has 4 heteroatoms. The van der Waals surface area contributed by atoms with Crippen LogP contribution in [0, 0.1) is 0 Å². The summed E-state index contributed by atoms with van der Waals surface area (Å²) in [6.07, 6.45) is 4.14. The van der Waals surface area contributed by atoms with Gasteiger partial charge in [-0.25, -0.2) is 0 Å². The SMILES string of the molecule is O=C(c1cccc2[nH]ccc12)N1CCN2CCC1CC2. The van der Waals surface area contributed by atoms with E-state index < -0.39 is 0 Å². The lowest BCUT2D eigenvalue weighted by Crippen LogP contribution is -2.41. The molecule has 5 rings (SSSR count). The Kier molecular flexibility index (Phi) is 2.77. The fraction of sp³-hybridized carbons (Fsp3) is 0.438. The van der Waals surface area contributed by atoms with Crippen molar-refractivity contribution in [3.63, 3.8) is 0 Å². The largest absolute Gasteiger partial charge is 0.361 e. The second-order valence-corrected chi connectivity index (χ2v) is 5.82. The molecular formula is C16H19N3O. The Morgan fingerprint density at radius 1 is 1.10 bits per heavy atom. The number of H-pyrrole nitrogens is 1. The molecule has 20 heavy (non-hydrogen) atoms. The Morgan fingerprint density at radius 2 is 1.95 bits per heavy atom. The van der Waals surface area contributed by atoms with Crippen molar-refractivity contribution in [2.24, 2.45) is 0 Å². The molecule has 104 valence electrons. The van der Waals surface area contributed by atoms with Crippen LogP contribution in [0.15, 0.2) is 30.5 Å². The normalized spacial score (nSPS) is 25.9. The molecule has 4 nitrogen and oxygen atoms in total. The number of piperidine rings is 1. The van der Waals surface area contributed by atoms with Gasteiger partial charge in [-0.05, 0) is 31.0 Å². The molecule has 0 unspecified atom stereocenters. The molecule has 2 bridgehead atoms. The third-order valence-corrected chi connectivity index (χ3v) is 4.74. The van der Waals surface area contributed by atoms with Gasteiger partial charge in [-0.15, -0.1) is 0 Å². The first-order valence-electron chi connectivity index (χ1n) is 7.42. The second-order valence-electron chi connectivity index (χ2n) is 5.82. The topological polar surface area (TPSA) is 39.3 Å². The van der Waals surface area contributed by atoms with E-state index in [4.69, 9.17) is 0 Å². The second kappa shape index (κ2) is 4.63. The van der Waals surface area contributed by atoms with E-state index in [0.717, 1.165) is 55.5 Å². The maximum atomic E-state index is 12.9. The number of amides is 1. The van der Waals surface area contributed by atoms with Gasteiger partial charge >= 0.3 is 0 Å². The average molecular weight is 269 g/mol. The lowest BCUT2D eigenvalue weighted by Gasteiger charge is -2.31. The summed E-state index contributed by atoms with van der Waals surface area (Å²) >= 11 is 0. The van der Waals surface area contributed by atoms with Crippen LogP contribution in [-0.2, 0) is 0 Å². The standard InChI is InChI=1S/C16H19N3O/c20-16(14-2-1-3-15-13(14)4-7-17-15)19-11-10-18-8-5-12(19)6-9-18/h1-4,7,12,17H,5-6,8-11H2. The van der Waals surface area contributed by atoms with Crippen LogP contribution in [0.1, 0.15) is 23.2 Å². The van der Waals surface area contributed by atoms with Crippen LogP contribution in [0.4, 0.5) is 0 Å². The van der Waals surface area contributed by atoms with Gasteiger partial charge in [0.15, 0.2) is 0 Å². The number of nitrogens with one attached hydrogen (secondary N) is 1. The van der Waals surface area contributed by atoms with Gasteiger partial charge in [0.05, 0.1) is 0 Å². The number of benzene rings is 1. The lowest BCUT2D eigenvalue weighted by atomic mass is 10.0. The molecule has 3 fully saturated rings. The number of rotatable bonds is 1. The molecule has 1 aromatic heterocycles. The number of hydrogen-bond donors (Lipinski definition) is 1. The third kappa shape index (κ3) is 1.83. The van der Waals surface area contributed by atoms with Crippen LogP contribution in [0.5, 0.6) is 0 Å². The highest BCUT2D eigenvalue weighted by Gasteiger charge is 2.32. The summed E-state index contributed by atoms with van der Waals surface area (Å²) in [7, 11) is 0. The zero-order valence-electron chi connectivity index (χ0n) is 11.5. The van der Waals surface area contributed by atoms with Gasteiger partial charge in [0.2, 0.25) is 0 Å². The number of hydrogen-bond acceptors (Lipinski definition) is 2. The minimum absolute atomic E-state index is 0.198. The highest BCUT2D eigenvalue weighted by molar-refractivity contribution is 6.06. The fourth-order valence-corrected chi connectivity index (χ4v) is 3.58. The van der Waals surface area contributed by atoms with E-state index in [9.17, 15) is 4.79 Å².